The van der Waals surface area contributed by atoms with Gasteiger partial charge in [-0.25, -0.2) is 4.39 Å². The minimum absolute atomic E-state index is 0.0119. The summed E-state index contributed by atoms with van der Waals surface area (Å²) >= 11 is 5.77. The third-order valence-electron chi connectivity index (χ3n) is 4.89. The number of methoxy groups -OCH3 is 2. The molecule has 3 rings (SSSR count). The minimum atomic E-state index is -0.508. The number of ether oxygens (including phenoxy) is 2. The predicted molar refractivity (Wildman–Crippen MR) is 102 cm³/mol. The number of amides is 1. The van der Waals surface area contributed by atoms with Crippen molar-refractivity contribution >= 4 is 23.2 Å². The number of hydrogen-bond donors (Lipinski definition) is 2. The number of nitrogens with one attached hydrogen (secondary N) is 2. The van der Waals surface area contributed by atoms with Crippen LogP contribution in [0.4, 0.5) is 10.1 Å². The first kappa shape index (κ1) is 19.5. The van der Waals surface area contributed by atoms with Crippen LogP contribution in [-0.4, -0.2) is 33.2 Å². The Labute approximate surface area is 163 Å². The molecule has 0 saturated carbocycles. The molecule has 2 aromatic rings. The van der Waals surface area contributed by atoms with Crippen LogP contribution in [0.2, 0.25) is 5.02 Å². The molecule has 27 heavy (non-hydrogen) atoms. The van der Waals surface area contributed by atoms with Crippen molar-refractivity contribution in [1.82, 2.24) is 0 Å². The second kappa shape index (κ2) is 8.59. The number of halogens is 2. The van der Waals surface area contributed by atoms with E-state index in [0.29, 0.717) is 12.2 Å². The van der Waals surface area contributed by atoms with Gasteiger partial charge in [0.25, 0.3) is 5.91 Å². The molecule has 1 heterocycles. The van der Waals surface area contributed by atoms with E-state index >= 15 is 0 Å². The monoisotopic (exact) mass is 393 g/mol. The summed E-state index contributed by atoms with van der Waals surface area (Å²) in [6.07, 6.45) is 2.01. The fourth-order valence-corrected chi connectivity index (χ4v) is 3.77. The van der Waals surface area contributed by atoms with Crippen molar-refractivity contribution in [2.75, 3.05) is 32.6 Å². The van der Waals surface area contributed by atoms with Gasteiger partial charge in [0.2, 0.25) is 0 Å². The minimum Gasteiger partial charge on any atom is -0.497 e. The van der Waals surface area contributed by atoms with Crippen LogP contribution >= 0.6 is 11.6 Å². The van der Waals surface area contributed by atoms with E-state index < -0.39 is 5.82 Å². The van der Waals surface area contributed by atoms with Gasteiger partial charge < -0.3 is 19.7 Å². The van der Waals surface area contributed by atoms with Gasteiger partial charge in [-0.15, -0.1) is 0 Å². The van der Waals surface area contributed by atoms with Crippen molar-refractivity contribution in [1.29, 1.82) is 0 Å². The van der Waals surface area contributed by atoms with E-state index in [9.17, 15) is 9.18 Å². The summed E-state index contributed by atoms with van der Waals surface area (Å²) in [4.78, 5) is 13.6. The number of benzene rings is 2. The van der Waals surface area contributed by atoms with E-state index in [-0.39, 0.29) is 17.0 Å². The summed E-state index contributed by atoms with van der Waals surface area (Å²) in [5.74, 6) is 0.865. The molecule has 0 aromatic heterocycles. The number of carbonyl (C=O) groups excluding carboxylic acids is 1. The number of quaternary nitrogens is 1. The zero-order valence-corrected chi connectivity index (χ0v) is 16.1. The summed E-state index contributed by atoms with van der Waals surface area (Å²) in [5.41, 5.74) is 1.56. The maximum atomic E-state index is 13.3. The molecular weight excluding hydrogens is 371 g/mol. The van der Waals surface area contributed by atoms with Crippen molar-refractivity contribution in [2.24, 2.45) is 0 Å². The van der Waals surface area contributed by atoms with Crippen LogP contribution in [0.25, 0.3) is 0 Å². The molecule has 0 aliphatic carbocycles. The molecule has 1 aliphatic rings. The maximum absolute atomic E-state index is 13.3. The summed E-state index contributed by atoms with van der Waals surface area (Å²) in [6.45, 7) is 1.21. The van der Waals surface area contributed by atoms with Gasteiger partial charge in [-0.3, -0.25) is 4.79 Å². The number of carbonyl (C=O) groups is 1. The van der Waals surface area contributed by atoms with E-state index in [4.69, 9.17) is 21.1 Å². The lowest BCUT2D eigenvalue weighted by Gasteiger charge is -2.23. The first-order chi connectivity index (χ1) is 13.0. The Bertz CT molecular complexity index is 831. The van der Waals surface area contributed by atoms with Gasteiger partial charge in [-0.1, -0.05) is 11.6 Å². The maximum Gasteiger partial charge on any atom is 0.279 e. The molecule has 144 valence electrons. The van der Waals surface area contributed by atoms with Crippen molar-refractivity contribution in [3.05, 3.63) is 52.8 Å². The van der Waals surface area contributed by atoms with Crippen molar-refractivity contribution in [3.8, 4) is 11.5 Å². The lowest BCUT2D eigenvalue weighted by molar-refractivity contribution is -0.910. The average Bonchev–Trinajstić information content (AvgIpc) is 3.11. The Hall–Kier alpha value is -2.31. The van der Waals surface area contributed by atoms with E-state index in [1.165, 1.54) is 23.1 Å². The first-order valence-electron chi connectivity index (χ1n) is 8.83. The molecule has 0 radical (unpaired) electrons. The fourth-order valence-electron chi connectivity index (χ4n) is 3.59. The van der Waals surface area contributed by atoms with E-state index in [2.05, 4.69) is 5.32 Å². The molecule has 1 unspecified atom stereocenters. The molecule has 1 saturated heterocycles. The average molecular weight is 394 g/mol. The van der Waals surface area contributed by atoms with Gasteiger partial charge in [0.05, 0.1) is 31.4 Å². The molecule has 1 aliphatic heterocycles. The Morgan fingerprint density at radius 3 is 2.78 bits per heavy atom. The predicted octanol–water partition coefficient (Wildman–Crippen LogP) is 2.85. The fraction of sp³-hybridized carbons (Fsp3) is 0.350. The largest absolute Gasteiger partial charge is 0.497 e. The second-order valence-electron chi connectivity index (χ2n) is 6.56. The third kappa shape index (κ3) is 4.51. The normalized spacial score (nSPS) is 19.0. The summed E-state index contributed by atoms with van der Waals surface area (Å²) in [6, 6.07) is 10.1. The van der Waals surface area contributed by atoms with Gasteiger partial charge >= 0.3 is 0 Å². The van der Waals surface area contributed by atoms with E-state index in [0.717, 1.165) is 36.4 Å². The van der Waals surface area contributed by atoms with Crippen LogP contribution in [0.15, 0.2) is 36.4 Å². The highest BCUT2D eigenvalue weighted by atomic mass is 35.5. The quantitative estimate of drug-likeness (QED) is 0.793. The molecular formula is C20H23ClFN2O3+. The summed E-state index contributed by atoms with van der Waals surface area (Å²) in [7, 11) is 3.26. The van der Waals surface area contributed by atoms with Gasteiger partial charge in [-0.2, -0.15) is 0 Å². The molecule has 1 fully saturated rings. The van der Waals surface area contributed by atoms with Gasteiger partial charge in [0.15, 0.2) is 6.54 Å². The van der Waals surface area contributed by atoms with Crippen LogP contribution in [0.1, 0.15) is 24.4 Å². The Kier molecular flexibility index (Phi) is 6.19. The smallest absolute Gasteiger partial charge is 0.279 e. The number of likely N-dealkylation sites (tertiary alicyclic amines) is 1. The molecule has 5 nitrogen and oxygen atoms in total. The van der Waals surface area contributed by atoms with Crippen LogP contribution in [0.5, 0.6) is 11.5 Å². The lowest BCUT2D eigenvalue weighted by atomic mass is 10.0. The van der Waals surface area contributed by atoms with Crippen molar-refractivity contribution < 1.29 is 23.6 Å². The van der Waals surface area contributed by atoms with E-state index in [1.54, 1.807) is 14.2 Å². The second-order valence-corrected chi connectivity index (χ2v) is 6.97. The first-order valence-corrected chi connectivity index (χ1v) is 9.21. The molecule has 2 aromatic carbocycles. The Morgan fingerprint density at radius 2 is 2.07 bits per heavy atom. The van der Waals surface area contributed by atoms with Crippen LogP contribution in [-0.2, 0) is 4.79 Å². The topological polar surface area (TPSA) is 52.0 Å². The molecule has 0 spiro atoms. The van der Waals surface area contributed by atoms with Crippen molar-refractivity contribution in [3.63, 3.8) is 0 Å². The summed E-state index contributed by atoms with van der Waals surface area (Å²) in [5, 5.41) is 2.78. The number of rotatable bonds is 6. The highest BCUT2D eigenvalue weighted by Crippen LogP contribution is 2.31. The highest BCUT2D eigenvalue weighted by molar-refractivity contribution is 6.31. The molecule has 7 heteroatoms. The highest BCUT2D eigenvalue weighted by Gasteiger charge is 2.33. The number of anilines is 1. The zero-order valence-electron chi connectivity index (χ0n) is 15.4. The molecule has 0 bridgehead atoms. The SMILES string of the molecule is COc1ccc([C@H]2CCC[NH+]2CC(=O)Nc2ccc(F)c(Cl)c2)c(OC)c1. The Balaban J connectivity index is 1.71. The Morgan fingerprint density at radius 1 is 1.26 bits per heavy atom. The van der Waals surface area contributed by atoms with Crippen LogP contribution in [0, 0.1) is 5.82 Å². The van der Waals surface area contributed by atoms with Crippen LogP contribution < -0.4 is 19.7 Å². The van der Waals surface area contributed by atoms with Crippen LogP contribution in [0.3, 0.4) is 0 Å². The van der Waals surface area contributed by atoms with Gasteiger partial charge in [0, 0.05) is 24.6 Å². The standard InChI is InChI=1S/C20H22ClFN2O3/c1-26-14-6-7-15(19(11-14)27-2)18-4-3-9-24(18)12-20(25)23-13-5-8-17(22)16(21)10-13/h5-8,10-11,18H,3-4,9,12H2,1-2H3,(H,23,25)/p+1/t18-/m1/s1. The number of hydrogen-bond acceptors (Lipinski definition) is 3. The summed E-state index contributed by atoms with van der Waals surface area (Å²) < 4.78 is 24.0. The third-order valence-corrected chi connectivity index (χ3v) is 5.18. The zero-order chi connectivity index (χ0) is 19.4. The van der Waals surface area contributed by atoms with Gasteiger partial charge in [-0.05, 0) is 30.3 Å². The molecule has 1 amide bonds. The lowest BCUT2D eigenvalue weighted by Crippen LogP contribution is -3.11. The van der Waals surface area contributed by atoms with Gasteiger partial charge in [0.1, 0.15) is 23.4 Å². The van der Waals surface area contributed by atoms with E-state index in [1.807, 2.05) is 18.2 Å². The molecule has 2 atom stereocenters. The van der Waals surface area contributed by atoms with Crippen molar-refractivity contribution in [2.45, 2.75) is 18.9 Å². The molecule has 2 N–H and O–H groups in total.